The molecule has 0 unspecified atom stereocenters. The number of hydrogen-bond donors (Lipinski definition) is 1. The molecule has 0 aromatic rings. The lowest BCUT2D eigenvalue weighted by Crippen LogP contribution is -2.53. The molecule has 1 N–H and O–H groups in total. The molecule has 0 aromatic carbocycles. The van der Waals surface area contributed by atoms with Gasteiger partial charge in [-0.1, -0.05) is 0 Å². The third-order valence-electron chi connectivity index (χ3n) is 3.74. The molecule has 1 saturated heterocycles. The zero-order chi connectivity index (χ0) is 14.2. The molecule has 108 valence electrons. The second-order valence-corrected chi connectivity index (χ2v) is 6.59. The first kappa shape index (κ1) is 14.2. The highest BCUT2D eigenvalue weighted by Crippen LogP contribution is 2.42. The molecule has 2 fully saturated rings. The van der Waals surface area contributed by atoms with E-state index in [0.29, 0.717) is 18.9 Å². The maximum atomic E-state index is 12.2. The number of aliphatic carboxylic acids is 1. The van der Waals surface area contributed by atoms with Crippen molar-refractivity contribution >= 4 is 12.1 Å². The maximum Gasteiger partial charge on any atom is 0.410 e. The predicted octanol–water partition coefficient (Wildman–Crippen LogP) is 2.50. The fourth-order valence-corrected chi connectivity index (χ4v) is 2.84. The molecule has 0 aromatic heterocycles. The van der Waals surface area contributed by atoms with Gasteiger partial charge in [-0.2, -0.15) is 0 Å². The van der Waals surface area contributed by atoms with E-state index in [1.807, 2.05) is 20.8 Å². The van der Waals surface area contributed by atoms with Gasteiger partial charge in [-0.05, 0) is 52.4 Å². The van der Waals surface area contributed by atoms with Crippen molar-refractivity contribution in [2.24, 2.45) is 11.8 Å². The number of carbonyl (C=O) groups excluding carboxylic acids is 1. The van der Waals surface area contributed by atoms with Gasteiger partial charge in [0.15, 0.2) is 0 Å². The summed E-state index contributed by atoms with van der Waals surface area (Å²) in [6.45, 7) is 6.10. The van der Waals surface area contributed by atoms with Gasteiger partial charge in [0, 0.05) is 6.54 Å². The number of rotatable bonds is 2. The van der Waals surface area contributed by atoms with E-state index in [-0.39, 0.29) is 12.1 Å². The van der Waals surface area contributed by atoms with Gasteiger partial charge in [0.2, 0.25) is 0 Å². The molecule has 0 spiro atoms. The Labute approximate surface area is 113 Å². The van der Waals surface area contributed by atoms with E-state index in [2.05, 4.69) is 0 Å². The summed E-state index contributed by atoms with van der Waals surface area (Å²) in [6, 6.07) is -0.180. The number of hydrogen-bond acceptors (Lipinski definition) is 3. The van der Waals surface area contributed by atoms with Crippen molar-refractivity contribution in [1.82, 2.24) is 4.90 Å². The summed E-state index contributed by atoms with van der Waals surface area (Å²) in [6.07, 6.45) is 3.08. The van der Waals surface area contributed by atoms with Crippen molar-refractivity contribution in [3.05, 3.63) is 0 Å². The average Bonchev–Trinajstić information content (AvgIpc) is 3.09. The number of nitrogens with zero attached hydrogens (tertiary/aromatic N) is 1. The molecular formula is C14H23NO4. The Morgan fingerprint density at radius 1 is 1.21 bits per heavy atom. The number of carboxylic acids is 1. The Morgan fingerprint density at radius 3 is 2.32 bits per heavy atom. The minimum atomic E-state index is -0.787. The Morgan fingerprint density at radius 2 is 1.84 bits per heavy atom. The number of carbonyl (C=O) groups is 2. The normalized spacial score (nSPS) is 28.1. The Kier molecular flexibility index (Phi) is 3.74. The van der Waals surface area contributed by atoms with Crippen LogP contribution < -0.4 is 0 Å². The smallest absolute Gasteiger partial charge is 0.410 e. The van der Waals surface area contributed by atoms with Crippen molar-refractivity contribution in [2.45, 2.75) is 58.1 Å². The van der Waals surface area contributed by atoms with Crippen LogP contribution >= 0.6 is 0 Å². The summed E-state index contributed by atoms with van der Waals surface area (Å²) in [5.74, 6) is -0.882. The standard InChI is InChI=1S/C14H23NO4/c1-14(2,3)19-13(18)15-8-4-5-10(12(16)17)11(15)9-6-7-9/h9-11H,4-8H2,1-3H3,(H,16,17)/t10-,11+/m0/s1. The molecule has 1 aliphatic heterocycles. The van der Waals surface area contributed by atoms with Crippen molar-refractivity contribution in [2.75, 3.05) is 6.54 Å². The number of likely N-dealkylation sites (tertiary alicyclic amines) is 1. The first-order chi connectivity index (χ1) is 8.79. The van der Waals surface area contributed by atoms with E-state index in [0.717, 1.165) is 19.3 Å². The predicted molar refractivity (Wildman–Crippen MR) is 69.8 cm³/mol. The molecular weight excluding hydrogens is 246 g/mol. The average molecular weight is 269 g/mol. The Hall–Kier alpha value is -1.26. The highest BCUT2D eigenvalue weighted by Gasteiger charge is 2.47. The molecule has 19 heavy (non-hydrogen) atoms. The molecule has 5 heteroatoms. The van der Waals surface area contributed by atoms with Crippen LogP contribution in [0.5, 0.6) is 0 Å². The van der Waals surface area contributed by atoms with Gasteiger partial charge in [0.05, 0.1) is 12.0 Å². The molecule has 2 atom stereocenters. The lowest BCUT2D eigenvalue weighted by molar-refractivity contribution is -0.146. The van der Waals surface area contributed by atoms with E-state index < -0.39 is 17.5 Å². The molecule has 1 heterocycles. The highest BCUT2D eigenvalue weighted by molar-refractivity contribution is 5.74. The Balaban J connectivity index is 2.12. The van der Waals surface area contributed by atoms with Crippen LogP contribution in [0.4, 0.5) is 4.79 Å². The van der Waals surface area contributed by atoms with Crippen LogP contribution in [0.1, 0.15) is 46.5 Å². The Bertz CT molecular complexity index is 370. The zero-order valence-electron chi connectivity index (χ0n) is 11.9. The van der Waals surface area contributed by atoms with Crippen molar-refractivity contribution < 1.29 is 19.4 Å². The largest absolute Gasteiger partial charge is 0.481 e. The quantitative estimate of drug-likeness (QED) is 0.836. The van der Waals surface area contributed by atoms with Gasteiger partial charge in [0.1, 0.15) is 5.60 Å². The summed E-state index contributed by atoms with van der Waals surface area (Å²) in [7, 11) is 0. The number of carboxylic acid groups (broad SMARTS) is 1. The van der Waals surface area contributed by atoms with Gasteiger partial charge in [-0.15, -0.1) is 0 Å². The molecule has 2 aliphatic rings. The minimum absolute atomic E-state index is 0.180. The van der Waals surface area contributed by atoms with Crippen molar-refractivity contribution in [3.8, 4) is 0 Å². The number of amides is 1. The molecule has 2 rings (SSSR count). The van der Waals surface area contributed by atoms with Gasteiger partial charge < -0.3 is 14.7 Å². The second kappa shape index (κ2) is 5.02. The molecule has 1 aliphatic carbocycles. The fraction of sp³-hybridized carbons (Fsp3) is 0.857. The number of ether oxygens (including phenoxy) is 1. The summed E-state index contributed by atoms with van der Waals surface area (Å²) in [5, 5.41) is 9.34. The monoisotopic (exact) mass is 269 g/mol. The van der Waals surface area contributed by atoms with Gasteiger partial charge >= 0.3 is 12.1 Å². The lowest BCUT2D eigenvalue weighted by atomic mass is 9.86. The number of piperidine rings is 1. The van der Waals surface area contributed by atoms with Crippen molar-refractivity contribution in [1.29, 1.82) is 0 Å². The van der Waals surface area contributed by atoms with Crippen LogP contribution in [0, 0.1) is 11.8 Å². The summed E-state index contributed by atoms with van der Waals surface area (Å²) in [5.41, 5.74) is -0.540. The summed E-state index contributed by atoms with van der Waals surface area (Å²) < 4.78 is 5.41. The third kappa shape index (κ3) is 3.39. The lowest BCUT2D eigenvalue weighted by Gasteiger charge is -2.40. The fourth-order valence-electron chi connectivity index (χ4n) is 2.84. The molecule has 1 amide bonds. The first-order valence-electron chi connectivity index (χ1n) is 7.02. The molecule has 0 bridgehead atoms. The summed E-state index contributed by atoms with van der Waals surface area (Å²) in [4.78, 5) is 25.3. The van der Waals surface area contributed by atoms with E-state index in [1.165, 1.54) is 0 Å². The topological polar surface area (TPSA) is 66.8 Å². The van der Waals surface area contributed by atoms with E-state index >= 15 is 0 Å². The third-order valence-corrected chi connectivity index (χ3v) is 3.74. The molecule has 1 saturated carbocycles. The van der Waals surface area contributed by atoms with E-state index in [9.17, 15) is 14.7 Å². The zero-order valence-corrected chi connectivity index (χ0v) is 11.9. The van der Waals surface area contributed by atoms with Crippen LogP contribution in [0.15, 0.2) is 0 Å². The van der Waals surface area contributed by atoms with Crippen LogP contribution in [0.3, 0.4) is 0 Å². The minimum Gasteiger partial charge on any atom is -0.481 e. The maximum absolute atomic E-state index is 12.2. The van der Waals surface area contributed by atoms with Crippen molar-refractivity contribution in [3.63, 3.8) is 0 Å². The molecule has 0 radical (unpaired) electrons. The van der Waals surface area contributed by atoms with Gasteiger partial charge in [0.25, 0.3) is 0 Å². The van der Waals surface area contributed by atoms with E-state index in [4.69, 9.17) is 4.74 Å². The van der Waals surface area contributed by atoms with E-state index in [1.54, 1.807) is 4.90 Å². The first-order valence-corrected chi connectivity index (χ1v) is 7.02. The SMILES string of the molecule is CC(C)(C)OC(=O)N1CCC[C@H](C(=O)O)[C@H]1C1CC1. The van der Waals surface area contributed by atoms with Gasteiger partial charge in [-0.3, -0.25) is 4.79 Å². The highest BCUT2D eigenvalue weighted by atomic mass is 16.6. The van der Waals surface area contributed by atoms with Crippen LogP contribution in [0.25, 0.3) is 0 Å². The van der Waals surface area contributed by atoms with Gasteiger partial charge in [-0.25, -0.2) is 4.79 Å². The second-order valence-electron chi connectivity index (χ2n) is 6.59. The van der Waals surface area contributed by atoms with Crippen LogP contribution in [-0.2, 0) is 9.53 Å². The van der Waals surface area contributed by atoms with Crippen LogP contribution in [0.2, 0.25) is 0 Å². The molecule has 5 nitrogen and oxygen atoms in total. The summed E-state index contributed by atoms with van der Waals surface area (Å²) >= 11 is 0. The van der Waals surface area contributed by atoms with Crippen LogP contribution in [-0.4, -0.2) is 40.3 Å².